The van der Waals surface area contributed by atoms with Crippen molar-refractivity contribution in [1.29, 1.82) is 0 Å². The van der Waals surface area contributed by atoms with E-state index in [1.54, 1.807) is 6.07 Å². The van der Waals surface area contributed by atoms with E-state index in [0.29, 0.717) is 29.5 Å². The zero-order valence-electron chi connectivity index (χ0n) is 11.4. The van der Waals surface area contributed by atoms with Gasteiger partial charge < -0.3 is 14.4 Å². The topological polar surface area (TPSA) is 96.5 Å². The van der Waals surface area contributed by atoms with Crippen molar-refractivity contribution >= 4 is 17.6 Å². The minimum absolute atomic E-state index is 0.108. The maximum atomic E-state index is 12.1. The molecule has 1 aliphatic heterocycles. The van der Waals surface area contributed by atoms with Gasteiger partial charge in [-0.15, -0.1) is 10.2 Å². The molecule has 108 valence electrons. The minimum Gasteiger partial charge on any atom is -0.478 e. The predicted molar refractivity (Wildman–Crippen MR) is 72.0 cm³/mol. The van der Waals surface area contributed by atoms with Crippen LogP contribution in [0.5, 0.6) is 0 Å². The average Bonchev–Trinajstić information content (AvgIpc) is 3.04. The molecule has 7 heteroatoms. The van der Waals surface area contributed by atoms with Gasteiger partial charge in [0.2, 0.25) is 17.7 Å². The zero-order chi connectivity index (χ0) is 15.0. The molecule has 0 spiro atoms. The van der Waals surface area contributed by atoms with Crippen molar-refractivity contribution in [2.75, 3.05) is 4.90 Å². The molecule has 0 bridgehead atoms. The summed E-state index contributed by atoms with van der Waals surface area (Å²) >= 11 is 0. The lowest BCUT2D eigenvalue weighted by atomic mass is 10.1. The van der Waals surface area contributed by atoms with Gasteiger partial charge in [-0.1, -0.05) is 6.92 Å². The number of benzene rings is 1. The Kier molecular flexibility index (Phi) is 3.17. The fraction of sp³-hybridized carbons (Fsp3) is 0.286. The molecule has 1 aliphatic rings. The molecule has 1 amide bonds. The van der Waals surface area contributed by atoms with E-state index in [0.717, 1.165) is 0 Å². The van der Waals surface area contributed by atoms with E-state index >= 15 is 0 Å². The SMILES string of the molecule is CCc1nnc(CN2C(=O)Cc3cc(C(=O)O)ccc32)o1. The number of carboxylic acid groups (broad SMARTS) is 1. The molecule has 3 rings (SSSR count). The fourth-order valence-electron chi connectivity index (χ4n) is 2.32. The molecule has 21 heavy (non-hydrogen) atoms. The van der Waals surface area contributed by atoms with Crippen LogP contribution in [0.25, 0.3) is 0 Å². The summed E-state index contributed by atoms with van der Waals surface area (Å²) in [6.07, 6.45) is 0.824. The molecule has 0 radical (unpaired) electrons. The van der Waals surface area contributed by atoms with Crippen LogP contribution in [0.3, 0.4) is 0 Å². The zero-order valence-corrected chi connectivity index (χ0v) is 11.4. The largest absolute Gasteiger partial charge is 0.478 e. The van der Waals surface area contributed by atoms with Crippen molar-refractivity contribution in [2.45, 2.75) is 26.3 Å². The number of carboxylic acids is 1. The highest BCUT2D eigenvalue weighted by Gasteiger charge is 2.29. The van der Waals surface area contributed by atoms with Gasteiger partial charge in [-0.3, -0.25) is 4.79 Å². The Hall–Kier alpha value is -2.70. The number of aryl methyl sites for hydroxylation is 1. The number of fused-ring (bicyclic) bond motifs is 1. The molecule has 1 N–H and O–H groups in total. The van der Waals surface area contributed by atoms with Gasteiger partial charge in [0.15, 0.2) is 0 Å². The third kappa shape index (κ3) is 2.37. The van der Waals surface area contributed by atoms with Crippen molar-refractivity contribution in [3.63, 3.8) is 0 Å². The molecule has 1 aromatic heterocycles. The first-order valence-electron chi connectivity index (χ1n) is 6.56. The van der Waals surface area contributed by atoms with Gasteiger partial charge >= 0.3 is 5.97 Å². The number of anilines is 1. The second-order valence-corrected chi connectivity index (χ2v) is 4.75. The third-order valence-electron chi connectivity index (χ3n) is 3.36. The van der Waals surface area contributed by atoms with Gasteiger partial charge in [0.05, 0.1) is 12.0 Å². The second kappa shape index (κ2) is 5.01. The van der Waals surface area contributed by atoms with Crippen molar-refractivity contribution in [1.82, 2.24) is 10.2 Å². The van der Waals surface area contributed by atoms with Crippen LogP contribution in [0.2, 0.25) is 0 Å². The molecule has 0 unspecified atom stereocenters. The van der Waals surface area contributed by atoms with E-state index in [2.05, 4.69) is 10.2 Å². The van der Waals surface area contributed by atoms with Crippen molar-refractivity contribution < 1.29 is 19.1 Å². The summed E-state index contributed by atoms with van der Waals surface area (Å²) in [6, 6.07) is 4.65. The Balaban J connectivity index is 1.88. The van der Waals surface area contributed by atoms with Crippen LogP contribution >= 0.6 is 0 Å². The molecule has 7 nitrogen and oxygen atoms in total. The van der Waals surface area contributed by atoms with Crippen LogP contribution in [0.15, 0.2) is 22.6 Å². The third-order valence-corrected chi connectivity index (χ3v) is 3.36. The maximum absolute atomic E-state index is 12.1. The molecule has 0 saturated carbocycles. The molecule has 2 heterocycles. The number of amides is 1. The first kappa shape index (κ1) is 13.3. The maximum Gasteiger partial charge on any atom is 0.335 e. The molecule has 0 aliphatic carbocycles. The van der Waals surface area contributed by atoms with E-state index in [9.17, 15) is 9.59 Å². The van der Waals surface area contributed by atoms with E-state index in [-0.39, 0.29) is 24.4 Å². The van der Waals surface area contributed by atoms with Crippen molar-refractivity contribution in [2.24, 2.45) is 0 Å². The number of aromatic nitrogens is 2. The summed E-state index contributed by atoms with van der Waals surface area (Å²) in [6.45, 7) is 2.10. The van der Waals surface area contributed by atoms with Crippen LogP contribution < -0.4 is 4.90 Å². The smallest absolute Gasteiger partial charge is 0.335 e. The number of carbonyl (C=O) groups excluding carboxylic acids is 1. The molecular weight excluding hydrogens is 274 g/mol. The predicted octanol–water partition coefficient (Wildman–Crippen LogP) is 1.42. The van der Waals surface area contributed by atoms with Gasteiger partial charge in [0.25, 0.3) is 0 Å². The molecule has 0 fully saturated rings. The molecule has 0 saturated heterocycles. The first-order chi connectivity index (χ1) is 10.1. The first-order valence-corrected chi connectivity index (χ1v) is 6.56. The van der Waals surface area contributed by atoms with Gasteiger partial charge in [-0.2, -0.15) is 0 Å². The summed E-state index contributed by atoms with van der Waals surface area (Å²) in [5.41, 5.74) is 1.57. The second-order valence-electron chi connectivity index (χ2n) is 4.75. The van der Waals surface area contributed by atoms with Crippen LogP contribution in [0.1, 0.15) is 34.6 Å². The Morgan fingerprint density at radius 3 is 2.81 bits per heavy atom. The van der Waals surface area contributed by atoms with Gasteiger partial charge in [-0.05, 0) is 23.8 Å². The molecule has 2 aromatic rings. The van der Waals surface area contributed by atoms with Crippen LogP contribution in [-0.2, 0) is 24.2 Å². The summed E-state index contributed by atoms with van der Waals surface area (Å²) in [4.78, 5) is 24.6. The van der Waals surface area contributed by atoms with E-state index in [1.807, 2.05) is 6.92 Å². The van der Waals surface area contributed by atoms with Crippen molar-refractivity contribution in [3.8, 4) is 0 Å². The van der Waals surface area contributed by atoms with Gasteiger partial charge in [0, 0.05) is 12.1 Å². The van der Waals surface area contributed by atoms with E-state index in [1.165, 1.54) is 17.0 Å². The molecule has 1 aromatic carbocycles. The number of aromatic carboxylic acids is 1. The summed E-state index contributed by atoms with van der Waals surface area (Å²) < 4.78 is 5.41. The van der Waals surface area contributed by atoms with Crippen molar-refractivity contribution in [3.05, 3.63) is 41.1 Å². The Morgan fingerprint density at radius 2 is 2.14 bits per heavy atom. The van der Waals surface area contributed by atoms with E-state index < -0.39 is 5.97 Å². The molecular formula is C14H13N3O4. The Labute approximate surface area is 120 Å². The number of hydrogen-bond donors (Lipinski definition) is 1. The summed E-state index contributed by atoms with van der Waals surface area (Å²) in [7, 11) is 0. The highest BCUT2D eigenvalue weighted by Crippen LogP contribution is 2.31. The van der Waals surface area contributed by atoms with Crippen LogP contribution in [0.4, 0.5) is 5.69 Å². The normalized spacial score (nSPS) is 13.6. The van der Waals surface area contributed by atoms with Crippen LogP contribution in [-0.4, -0.2) is 27.2 Å². The molecule has 0 atom stereocenters. The fourth-order valence-corrected chi connectivity index (χ4v) is 2.32. The quantitative estimate of drug-likeness (QED) is 0.913. The highest BCUT2D eigenvalue weighted by atomic mass is 16.4. The summed E-state index contributed by atoms with van der Waals surface area (Å²) in [5.74, 6) is -0.217. The lowest BCUT2D eigenvalue weighted by molar-refractivity contribution is -0.117. The van der Waals surface area contributed by atoms with Gasteiger partial charge in [-0.25, -0.2) is 4.79 Å². The number of carbonyl (C=O) groups is 2. The number of hydrogen-bond acceptors (Lipinski definition) is 5. The highest BCUT2D eigenvalue weighted by molar-refractivity contribution is 6.02. The van der Waals surface area contributed by atoms with E-state index in [4.69, 9.17) is 9.52 Å². The van der Waals surface area contributed by atoms with Crippen LogP contribution in [0, 0.1) is 0 Å². The Morgan fingerprint density at radius 1 is 1.38 bits per heavy atom. The van der Waals surface area contributed by atoms with Gasteiger partial charge in [0.1, 0.15) is 6.54 Å². The monoisotopic (exact) mass is 287 g/mol. The minimum atomic E-state index is -1.01. The standard InChI is InChI=1S/C14H13N3O4/c1-2-11-15-16-12(21-11)7-17-10-4-3-8(14(19)20)5-9(10)6-13(17)18/h3-5H,2,6-7H2,1H3,(H,19,20). The lowest BCUT2D eigenvalue weighted by Crippen LogP contribution is -2.26. The summed E-state index contributed by atoms with van der Waals surface area (Å²) in [5, 5.41) is 16.7. The Bertz CT molecular complexity index is 723. The lowest BCUT2D eigenvalue weighted by Gasteiger charge is -2.14. The number of nitrogens with zero attached hydrogens (tertiary/aromatic N) is 3. The number of rotatable bonds is 4. The average molecular weight is 287 g/mol.